The summed E-state index contributed by atoms with van der Waals surface area (Å²) in [5.74, 6) is 0. The molecule has 0 radical (unpaired) electrons. The molecule has 0 spiro atoms. The first-order valence-corrected chi connectivity index (χ1v) is 8.07. The second-order valence-corrected chi connectivity index (χ2v) is 6.16. The Hall–Kier alpha value is -2.94. The molecule has 116 valence electrons. The molecule has 0 fully saturated rings. The predicted octanol–water partition coefficient (Wildman–Crippen LogP) is 2.41. The minimum atomic E-state index is 1.07. The van der Waals surface area contributed by atoms with Gasteiger partial charge in [-0.05, 0) is 24.3 Å². The van der Waals surface area contributed by atoms with Crippen LogP contribution in [0.2, 0.25) is 0 Å². The van der Waals surface area contributed by atoms with Crippen LogP contribution in [0.15, 0.2) is 55.1 Å². The van der Waals surface area contributed by atoms with Crippen LogP contribution in [0.3, 0.4) is 0 Å². The molecule has 4 rings (SSSR count). The molecule has 2 nitrogen and oxygen atoms in total. The number of aryl methyl sites for hydroxylation is 1. The van der Waals surface area contributed by atoms with E-state index >= 15 is 0 Å². The van der Waals surface area contributed by atoms with E-state index in [1.54, 1.807) is 0 Å². The number of hydrogen-bond donors (Lipinski definition) is 0. The summed E-state index contributed by atoms with van der Waals surface area (Å²) in [4.78, 5) is 0. The van der Waals surface area contributed by atoms with E-state index in [2.05, 4.69) is 91.8 Å². The Balaban J connectivity index is 2.17. The lowest BCUT2D eigenvalue weighted by Crippen LogP contribution is -2.26. The first-order chi connectivity index (χ1) is 11.6. The van der Waals surface area contributed by atoms with Gasteiger partial charge in [0.15, 0.2) is 0 Å². The van der Waals surface area contributed by atoms with Gasteiger partial charge in [-0.15, -0.1) is 0 Å². The normalized spacial score (nSPS) is 12.3. The molecule has 0 aliphatic heterocycles. The predicted molar refractivity (Wildman–Crippen MR) is 107 cm³/mol. The van der Waals surface area contributed by atoms with Gasteiger partial charge in [0.05, 0.1) is 0 Å². The third-order valence-electron chi connectivity index (χ3n) is 4.93. The zero-order valence-electron chi connectivity index (χ0n) is 14.1. The number of fused-ring (bicyclic) bond motifs is 2. The third kappa shape index (κ3) is 1.91. The Kier molecular flexibility index (Phi) is 3.24. The Labute approximate surface area is 142 Å². The molecule has 2 aromatic heterocycles. The summed E-state index contributed by atoms with van der Waals surface area (Å²) in [5, 5.41) is 4.64. The van der Waals surface area contributed by atoms with E-state index in [1.807, 2.05) is 6.08 Å². The number of nitrogens with zero attached hydrogens (tertiary/aromatic N) is 2. The van der Waals surface area contributed by atoms with Crippen LogP contribution < -0.4 is 10.6 Å². The Morgan fingerprint density at radius 1 is 0.958 bits per heavy atom. The fraction of sp³-hybridized carbons (Fsp3) is 0.0476. The summed E-state index contributed by atoms with van der Waals surface area (Å²) >= 11 is 0. The quantitative estimate of drug-likeness (QED) is 0.503. The lowest BCUT2D eigenvalue weighted by atomic mass is 10.1. The highest BCUT2D eigenvalue weighted by molar-refractivity contribution is 6.15. The second kappa shape index (κ2) is 5.31. The molecule has 4 aromatic rings. The molecule has 2 aromatic carbocycles. The van der Waals surface area contributed by atoms with Gasteiger partial charge >= 0.3 is 0 Å². The summed E-state index contributed by atoms with van der Waals surface area (Å²) < 4.78 is 4.41. The lowest BCUT2D eigenvalue weighted by molar-refractivity contribution is 0.925. The first kappa shape index (κ1) is 14.6. The smallest absolute Gasteiger partial charge is 0.223 e. The van der Waals surface area contributed by atoms with Crippen molar-refractivity contribution < 1.29 is 0 Å². The van der Waals surface area contributed by atoms with Crippen molar-refractivity contribution in [2.75, 3.05) is 0 Å². The van der Waals surface area contributed by atoms with Crippen LogP contribution in [0.4, 0.5) is 0 Å². The van der Waals surface area contributed by atoms with Gasteiger partial charge in [-0.25, -0.2) is 0 Å². The zero-order valence-corrected chi connectivity index (χ0v) is 14.1. The monoisotopic (exact) mass is 310 g/mol. The molecule has 0 amide bonds. The molecule has 0 saturated carbocycles. The van der Waals surface area contributed by atoms with Gasteiger partial charge in [0.25, 0.3) is 0 Å². The largest absolute Gasteiger partial charge is 0.393 e. The van der Waals surface area contributed by atoms with Crippen LogP contribution in [-0.2, 0) is 7.05 Å². The average molecular weight is 310 g/mol. The van der Waals surface area contributed by atoms with Crippen molar-refractivity contribution in [2.24, 2.45) is 7.05 Å². The third-order valence-corrected chi connectivity index (χ3v) is 4.93. The SMILES string of the molecule is Bn1c(C=C)c(/C=c2\c(=C)c3ccccc3n2C)c2ccccc21. The van der Waals surface area contributed by atoms with Gasteiger partial charge < -0.3 is 9.05 Å². The second-order valence-electron chi connectivity index (χ2n) is 6.16. The van der Waals surface area contributed by atoms with E-state index < -0.39 is 0 Å². The van der Waals surface area contributed by atoms with Crippen LogP contribution in [-0.4, -0.2) is 17.0 Å². The summed E-state index contributed by atoms with van der Waals surface area (Å²) in [6.07, 6.45) is 4.17. The van der Waals surface area contributed by atoms with Crippen molar-refractivity contribution in [1.29, 1.82) is 0 Å². The highest BCUT2D eigenvalue weighted by Gasteiger charge is 2.11. The van der Waals surface area contributed by atoms with Crippen LogP contribution in [0.5, 0.6) is 0 Å². The average Bonchev–Trinajstić information content (AvgIpc) is 3.02. The van der Waals surface area contributed by atoms with Crippen molar-refractivity contribution in [3.05, 3.63) is 76.9 Å². The minimum absolute atomic E-state index is 1.07. The molecule has 0 unspecified atom stereocenters. The fourth-order valence-electron chi connectivity index (χ4n) is 3.65. The van der Waals surface area contributed by atoms with E-state index in [9.17, 15) is 0 Å². The number of aromatic nitrogens is 2. The molecule has 0 N–H and O–H groups in total. The standard InChI is InChI=1S/C21H19BN2/c1-4-18-17(16-10-6-8-12-20(16)24(18)22)13-21-14(2)15-9-5-7-11-19(15)23(21)3/h4-13H,1-2,22H2,3H3/b21-13+. The van der Waals surface area contributed by atoms with Crippen LogP contribution in [0.25, 0.3) is 40.5 Å². The fourth-order valence-corrected chi connectivity index (χ4v) is 3.65. The molecular weight excluding hydrogens is 291 g/mol. The number of para-hydroxylation sites is 2. The maximum absolute atomic E-state index is 4.32. The van der Waals surface area contributed by atoms with Crippen molar-refractivity contribution in [2.45, 2.75) is 0 Å². The highest BCUT2D eigenvalue weighted by Crippen LogP contribution is 2.26. The molecule has 3 heteroatoms. The highest BCUT2D eigenvalue weighted by atomic mass is 14.9. The summed E-state index contributed by atoms with van der Waals surface area (Å²) in [6, 6.07) is 16.9. The molecule has 0 aliphatic rings. The molecule has 0 saturated heterocycles. The molecule has 0 bridgehead atoms. The maximum Gasteiger partial charge on any atom is 0.223 e. The van der Waals surface area contributed by atoms with Crippen molar-refractivity contribution in [3.63, 3.8) is 0 Å². The van der Waals surface area contributed by atoms with Crippen LogP contribution >= 0.6 is 0 Å². The van der Waals surface area contributed by atoms with Crippen molar-refractivity contribution in [3.8, 4) is 0 Å². The Bertz CT molecular complexity index is 1210. The minimum Gasteiger partial charge on any atom is -0.393 e. The van der Waals surface area contributed by atoms with E-state index in [0.717, 1.165) is 16.3 Å². The van der Waals surface area contributed by atoms with Gasteiger partial charge in [-0.2, -0.15) is 0 Å². The van der Waals surface area contributed by atoms with Crippen LogP contribution in [0.1, 0.15) is 11.3 Å². The molecular formula is C21H19BN2. The van der Waals surface area contributed by atoms with Gasteiger partial charge in [-0.1, -0.05) is 49.6 Å². The van der Waals surface area contributed by atoms with E-state index in [1.165, 1.54) is 27.4 Å². The molecule has 0 aliphatic carbocycles. The summed E-state index contributed by atoms with van der Waals surface area (Å²) in [7, 11) is 4.19. The van der Waals surface area contributed by atoms with E-state index in [-0.39, 0.29) is 0 Å². The number of benzene rings is 2. The molecule has 2 heterocycles. The van der Waals surface area contributed by atoms with E-state index in [4.69, 9.17) is 0 Å². The summed E-state index contributed by atoms with van der Waals surface area (Å²) in [5.41, 5.74) is 4.73. The topological polar surface area (TPSA) is 9.86 Å². The molecule has 24 heavy (non-hydrogen) atoms. The Morgan fingerprint density at radius 2 is 1.58 bits per heavy atom. The van der Waals surface area contributed by atoms with Crippen LogP contribution in [0, 0.1) is 0 Å². The van der Waals surface area contributed by atoms with Gasteiger partial charge in [0.1, 0.15) is 0 Å². The van der Waals surface area contributed by atoms with Gasteiger partial charge in [0, 0.05) is 50.7 Å². The maximum atomic E-state index is 4.32. The van der Waals surface area contributed by atoms with Gasteiger partial charge in [0.2, 0.25) is 7.98 Å². The molecule has 0 atom stereocenters. The first-order valence-electron chi connectivity index (χ1n) is 8.07. The number of hydrogen-bond acceptors (Lipinski definition) is 0. The van der Waals surface area contributed by atoms with Crippen molar-refractivity contribution in [1.82, 2.24) is 9.05 Å². The number of rotatable bonds is 2. The van der Waals surface area contributed by atoms with E-state index in [0.29, 0.717) is 0 Å². The lowest BCUT2D eigenvalue weighted by Gasteiger charge is -2.00. The van der Waals surface area contributed by atoms with Crippen molar-refractivity contribution >= 4 is 48.5 Å². The van der Waals surface area contributed by atoms with Gasteiger partial charge in [-0.3, -0.25) is 0 Å². The Morgan fingerprint density at radius 3 is 2.25 bits per heavy atom. The summed E-state index contributed by atoms with van der Waals surface area (Å²) in [6.45, 7) is 8.34. The zero-order chi connectivity index (χ0) is 16.8.